The van der Waals surface area contributed by atoms with E-state index in [0.717, 1.165) is 0 Å². The lowest BCUT2D eigenvalue weighted by atomic mass is 9.73. The summed E-state index contributed by atoms with van der Waals surface area (Å²) in [5.74, 6) is 0. The number of carbonyl (C=O) groups excluding carboxylic acids is 1. The van der Waals surface area contributed by atoms with Gasteiger partial charge < -0.3 is 15.2 Å². The van der Waals surface area contributed by atoms with Crippen molar-refractivity contribution in [3.63, 3.8) is 0 Å². The van der Waals surface area contributed by atoms with Crippen LogP contribution in [0.3, 0.4) is 0 Å². The van der Waals surface area contributed by atoms with Crippen LogP contribution < -0.4 is 5.32 Å². The predicted octanol–water partition coefficient (Wildman–Crippen LogP) is 1.96. The van der Waals surface area contributed by atoms with E-state index in [-0.39, 0.29) is 6.04 Å². The largest absolute Gasteiger partial charge is 0.444 e. The van der Waals surface area contributed by atoms with Gasteiger partial charge >= 0.3 is 6.09 Å². The number of nitrogens with one attached hydrogen (secondary N) is 1. The lowest BCUT2D eigenvalue weighted by Crippen LogP contribution is -2.54. The maximum absolute atomic E-state index is 11.6. The van der Waals surface area contributed by atoms with Crippen molar-refractivity contribution in [2.24, 2.45) is 0 Å². The van der Waals surface area contributed by atoms with Gasteiger partial charge in [0.2, 0.25) is 0 Å². The zero-order valence-electron chi connectivity index (χ0n) is 11.5. The number of hydrogen-bond acceptors (Lipinski definition) is 4. The highest BCUT2D eigenvalue weighted by molar-refractivity contribution is 5.68. The quantitative estimate of drug-likeness (QED) is 0.856. The van der Waals surface area contributed by atoms with Crippen molar-refractivity contribution < 1.29 is 14.6 Å². The van der Waals surface area contributed by atoms with Gasteiger partial charge in [0.25, 0.3) is 0 Å². The van der Waals surface area contributed by atoms with Crippen LogP contribution in [0.25, 0.3) is 0 Å². The molecule has 1 aliphatic rings. The molecule has 0 aliphatic heterocycles. The number of rotatable bonds is 2. The third-order valence-corrected chi connectivity index (χ3v) is 3.03. The van der Waals surface area contributed by atoms with Crippen LogP contribution in [0, 0.1) is 0 Å². The van der Waals surface area contributed by atoms with Gasteiger partial charge in [-0.05, 0) is 32.9 Å². The Balaban J connectivity index is 1.85. The minimum atomic E-state index is -0.930. The summed E-state index contributed by atoms with van der Waals surface area (Å²) in [6.07, 6.45) is 2.13. The predicted molar refractivity (Wildman–Crippen MR) is 70.5 cm³/mol. The molecule has 0 bridgehead atoms. The van der Waals surface area contributed by atoms with Crippen LogP contribution in [-0.4, -0.2) is 27.8 Å². The average Bonchev–Trinajstić information content (AvgIpc) is 2.25. The Kier molecular flexibility index (Phi) is 3.49. The van der Waals surface area contributed by atoms with Crippen LogP contribution in [0.4, 0.5) is 4.79 Å². The summed E-state index contributed by atoms with van der Waals surface area (Å²) in [6.45, 7) is 5.45. The van der Waals surface area contributed by atoms with Crippen LogP contribution >= 0.6 is 0 Å². The molecular weight excluding hydrogens is 244 g/mol. The molecule has 1 saturated carbocycles. The topological polar surface area (TPSA) is 71.5 Å². The third-order valence-electron chi connectivity index (χ3n) is 3.03. The number of nitrogens with zero attached hydrogens (tertiary/aromatic N) is 1. The standard InChI is InChI=1S/C14H20N2O3/c1-13(2,3)19-12(17)16-10-8-14(18,9-10)11-6-4-5-7-15-11/h4-7,10,18H,8-9H2,1-3H3,(H,16,17). The van der Waals surface area contributed by atoms with Gasteiger partial charge in [0.15, 0.2) is 0 Å². The SMILES string of the molecule is CC(C)(C)OC(=O)NC1CC(O)(c2ccccn2)C1. The molecule has 1 heterocycles. The Hall–Kier alpha value is -1.62. The normalized spacial score (nSPS) is 26.4. The lowest BCUT2D eigenvalue weighted by Gasteiger charge is -2.43. The monoisotopic (exact) mass is 264 g/mol. The van der Waals surface area contributed by atoms with E-state index in [1.807, 2.05) is 32.9 Å². The molecule has 0 spiro atoms. The lowest BCUT2D eigenvalue weighted by molar-refractivity contribution is -0.0661. The Labute approximate surface area is 113 Å². The second-order valence-electron chi connectivity index (χ2n) is 6.00. The molecule has 1 fully saturated rings. The second-order valence-corrected chi connectivity index (χ2v) is 6.00. The zero-order chi connectivity index (χ0) is 14.1. The maximum atomic E-state index is 11.6. The van der Waals surface area contributed by atoms with E-state index >= 15 is 0 Å². The number of alkyl carbamates (subject to hydrolysis) is 1. The molecule has 0 aromatic carbocycles. The Morgan fingerprint density at radius 1 is 1.47 bits per heavy atom. The number of carbonyl (C=O) groups is 1. The zero-order valence-corrected chi connectivity index (χ0v) is 11.5. The van der Waals surface area contributed by atoms with Gasteiger partial charge in [0.05, 0.1) is 5.69 Å². The summed E-state index contributed by atoms with van der Waals surface area (Å²) < 4.78 is 5.17. The number of amides is 1. The second kappa shape index (κ2) is 4.81. The average molecular weight is 264 g/mol. The minimum Gasteiger partial charge on any atom is -0.444 e. The molecule has 5 heteroatoms. The first-order chi connectivity index (χ1) is 8.78. The van der Waals surface area contributed by atoms with Gasteiger partial charge in [0, 0.05) is 25.1 Å². The van der Waals surface area contributed by atoms with Crippen molar-refractivity contribution in [2.75, 3.05) is 0 Å². The number of hydrogen-bond donors (Lipinski definition) is 2. The van der Waals surface area contributed by atoms with Crippen molar-refractivity contribution in [1.29, 1.82) is 0 Å². The highest BCUT2D eigenvalue weighted by atomic mass is 16.6. The van der Waals surface area contributed by atoms with Crippen LogP contribution in [-0.2, 0) is 10.3 Å². The maximum Gasteiger partial charge on any atom is 0.407 e. The summed E-state index contributed by atoms with van der Waals surface area (Å²) in [6, 6.07) is 5.38. The molecule has 1 aromatic heterocycles. The molecule has 1 aromatic rings. The van der Waals surface area contributed by atoms with Crippen molar-refractivity contribution in [3.8, 4) is 0 Å². The van der Waals surface area contributed by atoms with Crippen molar-refractivity contribution in [1.82, 2.24) is 10.3 Å². The van der Waals surface area contributed by atoms with Crippen LogP contribution in [0.5, 0.6) is 0 Å². The number of aromatic nitrogens is 1. The summed E-state index contributed by atoms with van der Waals surface area (Å²) in [4.78, 5) is 15.7. The first kappa shape index (κ1) is 13.8. The Morgan fingerprint density at radius 3 is 2.68 bits per heavy atom. The first-order valence-corrected chi connectivity index (χ1v) is 6.42. The highest BCUT2D eigenvalue weighted by Crippen LogP contribution is 2.40. The number of pyridine rings is 1. The highest BCUT2D eigenvalue weighted by Gasteiger charge is 2.46. The molecule has 0 radical (unpaired) electrons. The van der Waals surface area contributed by atoms with Crippen molar-refractivity contribution in [2.45, 2.75) is 50.9 Å². The van der Waals surface area contributed by atoms with E-state index in [0.29, 0.717) is 18.5 Å². The summed E-state index contributed by atoms with van der Waals surface area (Å²) in [5.41, 5.74) is -0.788. The Morgan fingerprint density at radius 2 is 2.16 bits per heavy atom. The summed E-state index contributed by atoms with van der Waals surface area (Å²) in [5, 5.41) is 13.1. The molecule has 0 atom stereocenters. The van der Waals surface area contributed by atoms with Crippen LogP contribution in [0.15, 0.2) is 24.4 Å². The van der Waals surface area contributed by atoms with Gasteiger partial charge in [0.1, 0.15) is 11.2 Å². The summed E-state index contributed by atoms with van der Waals surface area (Å²) >= 11 is 0. The minimum absolute atomic E-state index is 0.0677. The van der Waals surface area contributed by atoms with Gasteiger partial charge in [-0.15, -0.1) is 0 Å². The van der Waals surface area contributed by atoms with E-state index < -0.39 is 17.3 Å². The smallest absolute Gasteiger partial charge is 0.407 e. The molecule has 0 saturated heterocycles. The van der Waals surface area contributed by atoms with E-state index in [2.05, 4.69) is 10.3 Å². The molecule has 1 aliphatic carbocycles. The van der Waals surface area contributed by atoms with E-state index in [1.165, 1.54) is 0 Å². The summed E-state index contributed by atoms with van der Waals surface area (Å²) in [7, 11) is 0. The molecule has 19 heavy (non-hydrogen) atoms. The van der Waals surface area contributed by atoms with Gasteiger partial charge in [-0.2, -0.15) is 0 Å². The molecule has 1 amide bonds. The van der Waals surface area contributed by atoms with Gasteiger partial charge in [-0.1, -0.05) is 6.07 Å². The third kappa shape index (κ3) is 3.44. The Bertz CT molecular complexity index is 448. The number of ether oxygens (including phenoxy) is 1. The fourth-order valence-electron chi connectivity index (χ4n) is 2.18. The first-order valence-electron chi connectivity index (χ1n) is 6.42. The van der Waals surface area contributed by atoms with Crippen LogP contribution in [0.2, 0.25) is 0 Å². The van der Waals surface area contributed by atoms with E-state index in [4.69, 9.17) is 4.74 Å². The number of aliphatic hydroxyl groups is 1. The molecular formula is C14H20N2O3. The molecule has 0 unspecified atom stereocenters. The van der Waals surface area contributed by atoms with E-state index in [9.17, 15) is 9.90 Å². The molecule has 2 rings (SSSR count). The van der Waals surface area contributed by atoms with Gasteiger partial charge in [-0.3, -0.25) is 4.98 Å². The van der Waals surface area contributed by atoms with E-state index in [1.54, 1.807) is 12.3 Å². The molecule has 104 valence electrons. The van der Waals surface area contributed by atoms with Gasteiger partial charge in [-0.25, -0.2) is 4.79 Å². The van der Waals surface area contributed by atoms with Crippen molar-refractivity contribution >= 4 is 6.09 Å². The van der Waals surface area contributed by atoms with Crippen LogP contribution in [0.1, 0.15) is 39.3 Å². The molecule has 2 N–H and O–H groups in total. The molecule has 5 nitrogen and oxygen atoms in total. The fourth-order valence-corrected chi connectivity index (χ4v) is 2.18. The van der Waals surface area contributed by atoms with Crippen molar-refractivity contribution in [3.05, 3.63) is 30.1 Å². The fraction of sp³-hybridized carbons (Fsp3) is 0.571.